The van der Waals surface area contributed by atoms with Gasteiger partial charge in [0, 0.05) is 12.4 Å². The van der Waals surface area contributed by atoms with Gasteiger partial charge in [-0.3, -0.25) is 9.78 Å². The van der Waals surface area contributed by atoms with Gasteiger partial charge in [-0.2, -0.15) is 5.10 Å². The number of halogens is 1. The number of hydrogen-bond donors (Lipinski definition) is 2. The van der Waals surface area contributed by atoms with E-state index < -0.39 is 0 Å². The average molecular weight is 350 g/mol. The third-order valence-corrected chi connectivity index (χ3v) is 3.18. The van der Waals surface area contributed by atoms with Gasteiger partial charge in [0.15, 0.2) is 11.5 Å². The number of phenolic OH excluding ortho intramolecular Hbond substituents is 1. The Hall–Kier alpha value is -2.41. The molecule has 0 saturated carbocycles. The van der Waals surface area contributed by atoms with Crippen LogP contribution in [0, 0.1) is 0 Å². The lowest BCUT2D eigenvalue weighted by atomic mass is 10.2. The number of carbonyl (C=O) groups excluding carboxylic acids is 1. The van der Waals surface area contributed by atoms with E-state index in [2.05, 4.69) is 31.4 Å². The summed E-state index contributed by atoms with van der Waals surface area (Å²) in [5, 5.41) is 13.5. The summed E-state index contributed by atoms with van der Waals surface area (Å²) in [4.78, 5) is 15.6. The van der Waals surface area contributed by atoms with Crippen molar-refractivity contribution in [2.24, 2.45) is 5.10 Å². The lowest BCUT2D eigenvalue weighted by molar-refractivity contribution is 0.0955. The van der Waals surface area contributed by atoms with Crippen LogP contribution in [0.25, 0.3) is 0 Å². The quantitative estimate of drug-likeness (QED) is 0.655. The molecular formula is C14H12BrN3O3. The number of hydrazone groups is 1. The van der Waals surface area contributed by atoms with Crippen LogP contribution in [0.3, 0.4) is 0 Å². The van der Waals surface area contributed by atoms with Crippen molar-refractivity contribution in [3.05, 3.63) is 52.3 Å². The number of nitrogens with zero attached hydrogens (tertiary/aromatic N) is 2. The first-order chi connectivity index (χ1) is 10.1. The predicted octanol–water partition coefficient (Wildman–Crippen LogP) is 2.32. The number of rotatable bonds is 4. The van der Waals surface area contributed by atoms with Gasteiger partial charge in [0.2, 0.25) is 0 Å². The minimum absolute atomic E-state index is 0.00838. The van der Waals surface area contributed by atoms with E-state index in [-0.39, 0.29) is 11.7 Å². The van der Waals surface area contributed by atoms with Gasteiger partial charge in [0.05, 0.1) is 23.4 Å². The number of benzene rings is 1. The number of carbonyl (C=O) groups is 1. The van der Waals surface area contributed by atoms with Crippen molar-refractivity contribution in [3.8, 4) is 11.5 Å². The molecule has 1 heterocycles. The fourth-order valence-electron chi connectivity index (χ4n) is 1.55. The van der Waals surface area contributed by atoms with Crippen LogP contribution in [0.1, 0.15) is 15.9 Å². The predicted molar refractivity (Wildman–Crippen MR) is 81.7 cm³/mol. The number of aromatic hydroxyl groups is 1. The van der Waals surface area contributed by atoms with E-state index in [9.17, 15) is 9.90 Å². The van der Waals surface area contributed by atoms with E-state index >= 15 is 0 Å². The number of aromatic nitrogens is 1. The molecule has 1 aromatic carbocycles. The molecule has 1 aromatic heterocycles. The lowest BCUT2D eigenvalue weighted by Gasteiger charge is -2.06. The molecule has 0 radical (unpaired) electrons. The molecule has 2 N–H and O–H groups in total. The Labute approximate surface area is 129 Å². The standard InChI is InChI=1S/C14H12BrN3O3/c1-21-12-6-9(5-11(15)13(12)19)7-17-18-14(20)10-3-2-4-16-8-10/h2-8,19H,1H3,(H,18,20)/b17-7-. The minimum atomic E-state index is -0.357. The van der Waals surface area contributed by atoms with Crippen LogP contribution < -0.4 is 10.2 Å². The van der Waals surface area contributed by atoms with Gasteiger partial charge >= 0.3 is 0 Å². The number of hydrogen-bond acceptors (Lipinski definition) is 5. The van der Waals surface area contributed by atoms with E-state index in [1.54, 1.807) is 30.5 Å². The summed E-state index contributed by atoms with van der Waals surface area (Å²) in [5.74, 6) is -0.0392. The van der Waals surface area contributed by atoms with Gasteiger partial charge in [-0.1, -0.05) is 0 Å². The Morgan fingerprint density at radius 1 is 1.52 bits per heavy atom. The highest BCUT2D eigenvalue weighted by atomic mass is 79.9. The van der Waals surface area contributed by atoms with Crippen LogP contribution in [0.5, 0.6) is 11.5 Å². The largest absolute Gasteiger partial charge is 0.503 e. The minimum Gasteiger partial charge on any atom is -0.503 e. The third kappa shape index (κ3) is 3.79. The van der Waals surface area contributed by atoms with Crippen molar-refractivity contribution in [1.29, 1.82) is 0 Å². The summed E-state index contributed by atoms with van der Waals surface area (Å²) < 4.78 is 5.50. The second kappa shape index (κ2) is 6.85. The van der Waals surface area contributed by atoms with E-state index in [0.717, 1.165) is 0 Å². The smallest absolute Gasteiger partial charge is 0.272 e. The number of nitrogens with one attached hydrogen (secondary N) is 1. The topological polar surface area (TPSA) is 83.8 Å². The number of methoxy groups -OCH3 is 1. The highest BCUT2D eigenvalue weighted by molar-refractivity contribution is 9.10. The molecule has 0 aliphatic heterocycles. The first kappa shape index (κ1) is 15.0. The second-order valence-corrected chi connectivity index (χ2v) is 4.85. The molecule has 0 aliphatic carbocycles. The molecule has 108 valence electrons. The second-order valence-electron chi connectivity index (χ2n) is 3.99. The molecule has 0 unspecified atom stereocenters. The van der Waals surface area contributed by atoms with Crippen LogP contribution in [0.4, 0.5) is 0 Å². The molecule has 7 heteroatoms. The maximum Gasteiger partial charge on any atom is 0.272 e. The Morgan fingerprint density at radius 3 is 3.00 bits per heavy atom. The highest BCUT2D eigenvalue weighted by Gasteiger charge is 2.07. The third-order valence-electron chi connectivity index (χ3n) is 2.57. The molecule has 1 amide bonds. The van der Waals surface area contributed by atoms with Gasteiger partial charge < -0.3 is 9.84 Å². The zero-order valence-electron chi connectivity index (χ0n) is 11.1. The average Bonchev–Trinajstić information content (AvgIpc) is 2.51. The molecule has 2 rings (SSSR count). The summed E-state index contributed by atoms with van der Waals surface area (Å²) in [6, 6.07) is 6.55. The van der Waals surface area contributed by atoms with Crippen molar-refractivity contribution in [3.63, 3.8) is 0 Å². The molecular weight excluding hydrogens is 338 g/mol. The first-order valence-corrected chi connectivity index (χ1v) is 6.71. The van der Waals surface area contributed by atoms with E-state index in [4.69, 9.17) is 4.74 Å². The zero-order chi connectivity index (χ0) is 15.2. The Bertz CT molecular complexity index is 675. The fraction of sp³-hybridized carbons (Fsp3) is 0.0714. The van der Waals surface area contributed by atoms with Crippen molar-refractivity contribution in [2.45, 2.75) is 0 Å². The number of ether oxygens (including phenoxy) is 1. The molecule has 0 atom stereocenters. The van der Waals surface area contributed by atoms with E-state index in [0.29, 0.717) is 21.3 Å². The molecule has 0 bridgehead atoms. The lowest BCUT2D eigenvalue weighted by Crippen LogP contribution is -2.17. The summed E-state index contributed by atoms with van der Waals surface area (Å²) in [6.45, 7) is 0. The first-order valence-electron chi connectivity index (χ1n) is 5.91. The molecule has 0 aliphatic rings. The molecule has 2 aromatic rings. The SMILES string of the molecule is COc1cc(/C=N\NC(=O)c2cccnc2)cc(Br)c1O. The molecule has 0 spiro atoms. The van der Waals surface area contributed by atoms with E-state index in [1.165, 1.54) is 19.5 Å². The molecule has 0 saturated heterocycles. The van der Waals surface area contributed by atoms with Gasteiger partial charge in [0.25, 0.3) is 5.91 Å². The number of pyridine rings is 1. The van der Waals surface area contributed by atoms with Crippen molar-refractivity contribution in [2.75, 3.05) is 7.11 Å². The maximum atomic E-state index is 11.7. The zero-order valence-corrected chi connectivity index (χ0v) is 12.7. The number of amides is 1. The maximum absolute atomic E-state index is 11.7. The van der Waals surface area contributed by atoms with Crippen molar-refractivity contribution in [1.82, 2.24) is 10.4 Å². The Morgan fingerprint density at radius 2 is 2.33 bits per heavy atom. The van der Waals surface area contributed by atoms with Crippen LogP contribution >= 0.6 is 15.9 Å². The van der Waals surface area contributed by atoms with Crippen LogP contribution in [0.2, 0.25) is 0 Å². The van der Waals surface area contributed by atoms with Gasteiger partial charge in [-0.05, 0) is 45.8 Å². The summed E-state index contributed by atoms with van der Waals surface area (Å²) >= 11 is 3.21. The fourth-order valence-corrected chi connectivity index (χ4v) is 2.01. The Kier molecular flexibility index (Phi) is 4.89. The molecule has 21 heavy (non-hydrogen) atoms. The van der Waals surface area contributed by atoms with Crippen LogP contribution in [0.15, 0.2) is 46.2 Å². The number of phenols is 1. The van der Waals surface area contributed by atoms with Crippen molar-refractivity contribution < 1.29 is 14.6 Å². The van der Waals surface area contributed by atoms with Crippen LogP contribution in [-0.2, 0) is 0 Å². The Balaban J connectivity index is 2.08. The van der Waals surface area contributed by atoms with Gasteiger partial charge in [0.1, 0.15) is 0 Å². The van der Waals surface area contributed by atoms with Gasteiger partial charge in [-0.15, -0.1) is 0 Å². The van der Waals surface area contributed by atoms with E-state index in [1.807, 2.05) is 0 Å². The summed E-state index contributed by atoms with van der Waals surface area (Å²) in [6.07, 6.45) is 4.48. The summed E-state index contributed by atoms with van der Waals surface area (Å²) in [7, 11) is 1.45. The monoisotopic (exact) mass is 349 g/mol. The highest BCUT2D eigenvalue weighted by Crippen LogP contribution is 2.34. The molecule has 6 nitrogen and oxygen atoms in total. The molecule has 0 fully saturated rings. The van der Waals surface area contributed by atoms with Gasteiger partial charge in [-0.25, -0.2) is 5.43 Å². The summed E-state index contributed by atoms with van der Waals surface area (Å²) in [5.41, 5.74) is 3.46. The van der Waals surface area contributed by atoms with Crippen molar-refractivity contribution >= 4 is 28.1 Å². The van der Waals surface area contributed by atoms with Crippen LogP contribution in [-0.4, -0.2) is 29.3 Å². The normalized spacial score (nSPS) is 10.6.